The Kier molecular flexibility index (Phi) is 13.1. The van der Waals surface area contributed by atoms with Gasteiger partial charge in [-0.2, -0.15) is 0 Å². The molecule has 1 fully saturated rings. The number of terminal acetylenes is 1. The molecule has 13 nitrogen and oxygen atoms in total. The van der Waals surface area contributed by atoms with Crippen molar-refractivity contribution in [2.75, 3.05) is 43.5 Å². The normalized spacial score (nSPS) is 15.8. The maximum atomic E-state index is 14.4. The van der Waals surface area contributed by atoms with Crippen LogP contribution in [-0.2, 0) is 42.9 Å². The molecule has 1 aromatic carbocycles. The van der Waals surface area contributed by atoms with Gasteiger partial charge in [0, 0.05) is 56.8 Å². The number of aryl methyl sites for hydroxylation is 1. The first kappa shape index (κ1) is 39.0. The van der Waals surface area contributed by atoms with Crippen molar-refractivity contribution >= 4 is 56.3 Å². The molecule has 1 atom stereocenters. The van der Waals surface area contributed by atoms with E-state index in [1.165, 1.54) is 4.90 Å². The molecule has 1 spiro atoms. The summed E-state index contributed by atoms with van der Waals surface area (Å²) in [6.07, 6.45) is 10.8. The van der Waals surface area contributed by atoms with E-state index >= 15 is 0 Å². The summed E-state index contributed by atoms with van der Waals surface area (Å²) in [5.41, 5.74) is 2.19. The van der Waals surface area contributed by atoms with Crippen molar-refractivity contribution in [3.63, 3.8) is 0 Å². The summed E-state index contributed by atoms with van der Waals surface area (Å²) in [5, 5.41) is 3.22. The summed E-state index contributed by atoms with van der Waals surface area (Å²) in [4.78, 5) is 51.8. The Morgan fingerprint density at radius 1 is 1.17 bits per heavy atom. The highest BCUT2D eigenvalue weighted by atomic mass is 35.5. The van der Waals surface area contributed by atoms with Crippen molar-refractivity contribution in [2.24, 2.45) is 0 Å². The molecule has 2 aliphatic rings. The quantitative estimate of drug-likeness (QED) is 0.151. The first-order chi connectivity index (χ1) is 25.0. The summed E-state index contributed by atoms with van der Waals surface area (Å²) in [6.45, 7) is 2.64. The summed E-state index contributed by atoms with van der Waals surface area (Å²) < 4.78 is 47.9. The number of hydrogen-bond donors (Lipinski definition) is 2. The number of pyridine rings is 1. The number of unbranched alkanes of at least 4 members (excludes halogenated alkanes) is 3. The van der Waals surface area contributed by atoms with E-state index in [0.717, 1.165) is 17.5 Å². The highest BCUT2D eigenvalue weighted by Gasteiger charge is 2.53. The van der Waals surface area contributed by atoms with Crippen LogP contribution < -0.4 is 14.9 Å². The highest BCUT2D eigenvalue weighted by Crippen LogP contribution is 2.48. The maximum absolute atomic E-state index is 14.4. The number of ether oxygens (including phenoxy) is 1. The second-order valence-corrected chi connectivity index (χ2v) is 15.5. The third-order valence-electron chi connectivity index (χ3n) is 9.55. The number of nitrogens with zero attached hydrogens (tertiary/aromatic N) is 5. The van der Waals surface area contributed by atoms with Crippen molar-refractivity contribution in [3.8, 4) is 12.3 Å². The number of imidazole rings is 1. The fourth-order valence-electron chi connectivity index (χ4n) is 6.73. The Morgan fingerprint density at radius 3 is 2.71 bits per heavy atom. The molecule has 2 N–H and O–H groups in total. The van der Waals surface area contributed by atoms with E-state index in [4.69, 9.17) is 27.7 Å². The second-order valence-electron chi connectivity index (χ2n) is 13.2. The first-order valence-electron chi connectivity index (χ1n) is 17.6. The van der Waals surface area contributed by atoms with Gasteiger partial charge < -0.3 is 24.4 Å². The van der Waals surface area contributed by atoms with Gasteiger partial charge in [-0.3, -0.25) is 19.0 Å². The van der Waals surface area contributed by atoms with E-state index in [9.17, 15) is 27.2 Å². The minimum Gasteiger partial charge on any atom is -0.445 e. The summed E-state index contributed by atoms with van der Waals surface area (Å²) in [7, 11) is -3.78. The predicted molar refractivity (Wildman–Crippen MR) is 196 cm³/mol. The number of nitrogens with one attached hydrogen (secondary N) is 2. The number of carbonyl (C=O) groups excluding carboxylic acids is 3. The molecule has 52 heavy (non-hydrogen) atoms. The highest BCUT2D eigenvalue weighted by molar-refractivity contribution is 7.89. The van der Waals surface area contributed by atoms with Crippen molar-refractivity contribution in [1.82, 2.24) is 29.5 Å². The third kappa shape index (κ3) is 9.20. The molecule has 5 rings (SSSR count). The Morgan fingerprint density at radius 2 is 1.96 bits per heavy atom. The summed E-state index contributed by atoms with van der Waals surface area (Å²) in [5.74, 6) is 2.30. The van der Waals surface area contributed by atoms with Crippen LogP contribution in [0.2, 0.25) is 5.02 Å². The van der Waals surface area contributed by atoms with Crippen LogP contribution in [0, 0.1) is 12.3 Å². The number of sulfonamides is 1. The molecule has 2 aliphatic heterocycles. The maximum Gasteiger partial charge on any atom is 0.410 e. The summed E-state index contributed by atoms with van der Waals surface area (Å²) >= 11 is 6.25. The lowest BCUT2D eigenvalue weighted by molar-refractivity contribution is -0.125. The van der Waals surface area contributed by atoms with E-state index in [0.29, 0.717) is 73.7 Å². The van der Waals surface area contributed by atoms with Crippen LogP contribution in [0.3, 0.4) is 0 Å². The average molecular weight is 758 g/mol. The van der Waals surface area contributed by atoms with Crippen molar-refractivity contribution in [2.45, 2.75) is 82.9 Å². The molecule has 0 unspecified atom stereocenters. The van der Waals surface area contributed by atoms with Gasteiger partial charge in [0.25, 0.3) is 0 Å². The molecule has 0 aliphatic carbocycles. The number of benzene rings is 1. The van der Waals surface area contributed by atoms with Crippen LogP contribution in [0.1, 0.15) is 69.7 Å². The molecule has 16 heteroatoms. The third-order valence-corrected chi connectivity index (χ3v) is 11.1. The molecule has 0 radical (unpaired) electrons. The number of hydrogen-bond acceptors (Lipinski definition) is 8. The lowest BCUT2D eigenvalue weighted by Crippen LogP contribution is -2.50. The van der Waals surface area contributed by atoms with E-state index in [1.54, 1.807) is 36.4 Å². The number of aromatic nitrogens is 3. The van der Waals surface area contributed by atoms with Gasteiger partial charge in [-0.05, 0) is 75.3 Å². The fraction of sp³-hybridized carbons (Fsp3) is 0.528. The van der Waals surface area contributed by atoms with Crippen LogP contribution in [0.5, 0.6) is 0 Å². The lowest BCUT2D eigenvalue weighted by Gasteiger charge is -2.38. The zero-order valence-electron chi connectivity index (χ0n) is 29.3. The molecule has 2 aromatic heterocycles. The fourth-order valence-corrected chi connectivity index (χ4v) is 7.98. The Labute approximate surface area is 308 Å². The van der Waals surface area contributed by atoms with Crippen LogP contribution in [0.25, 0.3) is 11.0 Å². The van der Waals surface area contributed by atoms with Crippen LogP contribution in [-0.4, -0.2) is 90.5 Å². The Bertz CT molecular complexity index is 1910. The van der Waals surface area contributed by atoms with Crippen molar-refractivity contribution in [3.05, 3.63) is 53.1 Å². The molecule has 3 amide bonds. The van der Waals surface area contributed by atoms with Crippen LogP contribution in [0.4, 0.5) is 14.9 Å². The van der Waals surface area contributed by atoms with E-state index in [1.807, 2.05) is 16.7 Å². The first-order valence-corrected chi connectivity index (χ1v) is 19.6. The number of halogens is 2. The van der Waals surface area contributed by atoms with Crippen molar-refractivity contribution < 1.29 is 31.9 Å². The smallest absolute Gasteiger partial charge is 0.410 e. The van der Waals surface area contributed by atoms with Crippen molar-refractivity contribution in [1.29, 1.82) is 0 Å². The molecule has 1 saturated heterocycles. The minimum atomic E-state index is -3.78. The monoisotopic (exact) mass is 757 g/mol. The van der Waals surface area contributed by atoms with Gasteiger partial charge in [-0.15, -0.1) is 12.3 Å². The van der Waals surface area contributed by atoms with Crippen LogP contribution >= 0.6 is 11.6 Å². The number of carbonyl (C=O) groups is 3. The lowest BCUT2D eigenvalue weighted by atomic mass is 9.74. The molecule has 4 heterocycles. The zero-order chi connectivity index (χ0) is 37.3. The summed E-state index contributed by atoms with van der Waals surface area (Å²) in [6, 6.07) is 7.28. The molecule has 0 saturated carbocycles. The SMILES string of the molecule is C#CCCCCNC(=O)CCS(=O)(=O)NC[C@@H](C)OC(=O)N1CCC2(CC1)C(=O)N(Cc1nc3cc(Cl)ccc3n1CCCCF)c1cnccc12. The number of likely N-dealkylation sites (tertiary alicyclic amines) is 1. The standard InChI is InChI=1S/C36H45ClFN7O6S/c1-3-4-5-7-16-40-33(46)12-21-52(49,50)41-23-26(2)51-35(48)43-19-13-36(14-20-43)28-11-17-39-24-31(28)45(34(36)47)25-32-42-29-22-27(37)9-10-30(29)44(32)18-8-6-15-38/h1,9-11,17,22,24,26,41H,4-8,12-16,18-21,23,25H2,2H3,(H,40,46)/t26-/m1/s1. The van der Waals surface area contributed by atoms with Gasteiger partial charge in [0.2, 0.25) is 21.8 Å². The Hall–Kier alpha value is -4.26. The number of piperidine rings is 1. The van der Waals surface area contributed by atoms with E-state index in [-0.39, 0.29) is 44.4 Å². The van der Waals surface area contributed by atoms with E-state index in [2.05, 4.69) is 20.9 Å². The topological polar surface area (TPSA) is 156 Å². The van der Waals surface area contributed by atoms with Gasteiger partial charge >= 0.3 is 6.09 Å². The van der Waals surface area contributed by atoms with Gasteiger partial charge in [0.15, 0.2) is 0 Å². The van der Waals surface area contributed by atoms with Gasteiger partial charge in [0.1, 0.15) is 11.9 Å². The Balaban J connectivity index is 1.17. The average Bonchev–Trinajstić information content (AvgIpc) is 3.57. The van der Waals surface area contributed by atoms with Gasteiger partial charge in [0.05, 0.1) is 47.3 Å². The number of amides is 3. The number of fused-ring (bicyclic) bond motifs is 3. The number of alkyl halides is 1. The molecule has 280 valence electrons. The molecule has 3 aromatic rings. The molecular weight excluding hydrogens is 713 g/mol. The van der Waals surface area contributed by atoms with Gasteiger partial charge in [-0.25, -0.2) is 22.9 Å². The van der Waals surface area contributed by atoms with Gasteiger partial charge in [-0.1, -0.05) is 11.6 Å². The minimum absolute atomic E-state index is 0.107. The zero-order valence-corrected chi connectivity index (χ0v) is 30.9. The van der Waals surface area contributed by atoms with E-state index < -0.39 is 40.1 Å². The molecular formula is C36H45ClFN7O6S. The number of anilines is 1. The predicted octanol–water partition coefficient (Wildman–Crippen LogP) is 4.47. The number of rotatable bonds is 17. The van der Waals surface area contributed by atoms with Crippen LogP contribution in [0.15, 0.2) is 36.7 Å². The second kappa shape index (κ2) is 17.5. The largest absolute Gasteiger partial charge is 0.445 e. The molecule has 0 bridgehead atoms.